The third-order valence-electron chi connectivity index (χ3n) is 1.81. The summed E-state index contributed by atoms with van der Waals surface area (Å²) in [4.78, 5) is 10.8. The van der Waals surface area contributed by atoms with Crippen LogP contribution in [0.4, 0.5) is 0 Å². The van der Waals surface area contributed by atoms with Gasteiger partial charge in [-0.15, -0.1) is 0 Å². The van der Waals surface area contributed by atoms with Crippen molar-refractivity contribution in [2.45, 2.75) is 33.3 Å². The SMILES string of the molecule is CC(=O)/C=C/c1ccc(OC(C)(C)C)cc1. The first-order valence-electron chi connectivity index (χ1n) is 5.34. The Morgan fingerprint density at radius 1 is 1.19 bits per heavy atom. The Kier molecular flexibility index (Phi) is 3.88. The Labute approximate surface area is 96.9 Å². The normalized spacial score (nSPS) is 11.8. The van der Waals surface area contributed by atoms with Gasteiger partial charge in [0.25, 0.3) is 0 Å². The molecule has 0 aromatic heterocycles. The maximum atomic E-state index is 10.8. The summed E-state index contributed by atoms with van der Waals surface area (Å²) in [5.74, 6) is 0.891. The van der Waals surface area contributed by atoms with Gasteiger partial charge in [-0.05, 0) is 51.5 Å². The average molecular weight is 218 g/mol. The molecule has 0 fully saturated rings. The van der Waals surface area contributed by atoms with Crippen LogP contribution in [0.25, 0.3) is 6.08 Å². The largest absolute Gasteiger partial charge is 0.488 e. The molecule has 2 heteroatoms. The molecule has 0 atom stereocenters. The van der Waals surface area contributed by atoms with E-state index in [1.165, 1.54) is 6.92 Å². The zero-order chi connectivity index (χ0) is 12.2. The predicted octanol–water partition coefficient (Wildman–Crippen LogP) is 3.47. The molecule has 2 nitrogen and oxygen atoms in total. The van der Waals surface area contributed by atoms with Crippen LogP contribution in [0.5, 0.6) is 5.75 Å². The van der Waals surface area contributed by atoms with E-state index in [0.29, 0.717) is 0 Å². The zero-order valence-corrected chi connectivity index (χ0v) is 10.3. The van der Waals surface area contributed by atoms with Crippen molar-refractivity contribution >= 4 is 11.9 Å². The maximum absolute atomic E-state index is 10.8. The van der Waals surface area contributed by atoms with E-state index in [1.807, 2.05) is 45.0 Å². The molecule has 0 aliphatic rings. The van der Waals surface area contributed by atoms with Crippen LogP contribution in [0.3, 0.4) is 0 Å². The summed E-state index contributed by atoms with van der Waals surface area (Å²) >= 11 is 0. The lowest BCUT2D eigenvalue weighted by Crippen LogP contribution is -2.22. The lowest BCUT2D eigenvalue weighted by Gasteiger charge is -2.21. The Bertz CT molecular complexity index is 380. The molecular formula is C14H18O2. The van der Waals surface area contributed by atoms with Crippen molar-refractivity contribution in [3.63, 3.8) is 0 Å². The molecule has 0 spiro atoms. The van der Waals surface area contributed by atoms with Crippen LogP contribution in [0, 0.1) is 0 Å². The third kappa shape index (κ3) is 4.78. The summed E-state index contributed by atoms with van der Waals surface area (Å²) < 4.78 is 5.69. The highest BCUT2D eigenvalue weighted by atomic mass is 16.5. The minimum absolute atomic E-state index is 0.0509. The molecule has 0 saturated heterocycles. The quantitative estimate of drug-likeness (QED) is 0.726. The summed E-state index contributed by atoms with van der Waals surface area (Å²) in [6.45, 7) is 7.57. The topological polar surface area (TPSA) is 26.3 Å². The Morgan fingerprint density at radius 2 is 1.75 bits per heavy atom. The second kappa shape index (κ2) is 4.97. The number of hydrogen-bond donors (Lipinski definition) is 0. The smallest absolute Gasteiger partial charge is 0.152 e. The lowest BCUT2D eigenvalue weighted by atomic mass is 10.1. The number of carbonyl (C=O) groups excluding carboxylic acids is 1. The van der Waals surface area contributed by atoms with Crippen LogP contribution in [0.2, 0.25) is 0 Å². The van der Waals surface area contributed by atoms with Crippen molar-refractivity contribution < 1.29 is 9.53 Å². The molecule has 0 unspecified atom stereocenters. The predicted molar refractivity (Wildman–Crippen MR) is 66.5 cm³/mol. The fraction of sp³-hybridized carbons (Fsp3) is 0.357. The average Bonchev–Trinajstić information content (AvgIpc) is 2.14. The first-order valence-corrected chi connectivity index (χ1v) is 5.34. The number of benzene rings is 1. The summed E-state index contributed by atoms with van der Waals surface area (Å²) in [5.41, 5.74) is 0.813. The monoisotopic (exact) mass is 218 g/mol. The molecule has 1 aromatic rings. The molecule has 0 aliphatic heterocycles. The highest BCUT2D eigenvalue weighted by molar-refractivity contribution is 5.91. The van der Waals surface area contributed by atoms with Gasteiger partial charge in [-0.25, -0.2) is 0 Å². The van der Waals surface area contributed by atoms with Crippen molar-refractivity contribution in [3.8, 4) is 5.75 Å². The van der Waals surface area contributed by atoms with E-state index in [-0.39, 0.29) is 11.4 Å². The summed E-state index contributed by atoms with van der Waals surface area (Å²) in [7, 11) is 0. The van der Waals surface area contributed by atoms with Gasteiger partial charge in [-0.1, -0.05) is 18.2 Å². The molecule has 0 amide bonds. The van der Waals surface area contributed by atoms with Crippen molar-refractivity contribution in [3.05, 3.63) is 35.9 Å². The number of ketones is 1. The molecule has 0 bridgehead atoms. The Balaban J connectivity index is 2.72. The summed E-state index contributed by atoms with van der Waals surface area (Å²) in [6.07, 6.45) is 3.35. The molecule has 1 rings (SSSR count). The summed E-state index contributed by atoms with van der Waals surface area (Å²) in [5, 5.41) is 0. The molecule has 0 N–H and O–H groups in total. The fourth-order valence-electron chi connectivity index (χ4n) is 1.21. The van der Waals surface area contributed by atoms with Crippen molar-refractivity contribution in [1.29, 1.82) is 0 Å². The molecule has 1 aromatic carbocycles. The Morgan fingerprint density at radius 3 is 2.19 bits per heavy atom. The van der Waals surface area contributed by atoms with Gasteiger partial charge in [0, 0.05) is 0 Å². The van der Waals surface area contributed by atoms with Gasteiger partial charge >= 0.3 is 0 Å². The van der Waals surface area contributed by atoms with Gasteiger partial charge in [0.05, 0.1) is 0 Å². The van der Waals surface area contributed by atoms with Crippen molar-refractivity contribution in [2.75, 3.05) is 0 Å². The highest BCUT2D eigenvalue weighted by Gasteiger charge is 2.10. The third-order valence-corrected chi connectivity index (χ3v) is 1.81. The minimum atomic E-state index is -0.184. The van der Waals surface area contributed by atoms with E-state index in [4.69, 9.17) is 4.74 Å². The lowest BCUT2D eigenvalue weighted by molar-refractivity contribution is -0.112. The van der Waals surface area contributed by atoms with Crippen LogP contribution in [-0.2, 0) is 4.79 Å². The van der Waals surface area contributed by atoms with Crippen LogP contribution in [0.1, 0.15) is 33.3 Å². The molecule has 16 heavy (non-hydrogen) atoms. The van der Waals surface area contributed by atoms with Crippen LogP contribution < -0.4 is 4.74 Å². The van der Waals surface area contributed by atoms with E-state index in [9.17, 15) is 4.79 Å². The van der Waals surface area contributed by atoms with Gasteiger partial charge in [0.2, 0.25) is 0 Å². The number of ether oxygens (including phenoxy) is 1. The van der Waals surface area contributed by atoms with Gasteiger partial charge in [-0.3, -0.25) is 4.79 Å². The number of hydrogen-bond acceptors (Lipinski definition) is 2. The fourth-order valence-corrected chi connectivity index (χ4v) is 1.21. The van der Waals surface area contributed by atoms with E-state index in [0.717, 1.165) is 11.3 Å². The van der Waals surface area contributed by atoms with E-state index in [2.05, 4.69) is 0 Å². The van der Waals surface area contributed by atoms with Crippen LogP contribution in [-0.4, -0.2) is 11.4 Å². The second-order valence-electron chi connectivity index (χ2n) is 4.73. The van der Waals surface area contributed by atoms with Crippen molar-refractivity contribution in [2.24, 2.45) is 0 Å². The van der Waals surface area contributed by atoms with Crippen LogP contribution >= 0.6 is 0 Å². The molecule has 0 heterocycles. The first-order chi connectivity index (χ1) is 7.37. The molecular weight excluding hydrogens is 200 g/mol. The van der Waals surface area contributed by atoms with E-state index in [1.54, 1.807) is 12.2 Å². The number of rotatable bonds is 3. The van der Waals surface area contributed by atoms with E-state index >= 15 is 0 Å². The first kappa shape index (κ1) is 12.5. The Hall–Kier alpha value is -1.57. The number of carbonyl (C=O) groups is 1. The van der Waals surface area contributed by atoms with Crippen molar-refractivity contribution in [1.82, 2.24) is 0 Å². The molecule has 0 radical (unpaired) electrons. The molecule has 0 aliphatic carbocycles. The number of allylic oxidation sites excluding steroid dienone is 1. The maximum Gasteiger partial charge on any atom is 0.152 e. The minimum Gasteiger partial charge on any atom is -0.488 e. The van der Waals surface area contributed by atoms with Gasteiger partial charge in [0.15, 0.2) is 5.78 Å². The van der Waals surface area contributed by atoms with Gasteiger partial charge < -0.3 is 4.74 Å². The zero-order valence-electron chi connectivity index (χ0n) is 10.3. The van der Waals surface area contributed by atoms with E-state index < -0.39 is 0 Å². The highest BCUT2D eigenvalue weighted by Crippen LogP contribution is 2.18. The molecule has 86 valence electrons. The van der Waals surface area contributed by atoms with Gasteiger partial charge in [-0.2, -0.15) is 0 Å². The standard InChI is InChI=1S/C14H18O2/c1-11(15)5-6-12-7-9-13(10-8-12)16-14(2,3)4/h5-10H,1-4H3/b6-5+. The van der Waals surface area contributed by atoms with Crippen LogP contribution in [0.15, 0.2) is 30.3 Å². The second-order valence-corrected chi connectivity index (χ2v) is 4.73. The molecule has 0 saturated carbocycles. The van der Waals surface area contributed by atoms with Gasteiger partial charge in [0.1, 0.15) is 11.4 Å². The summed E-state index contributed by atoms with van der Waals surface area (Å²) in [6, 6.07) is 7.68.